The van der Waals surface area contributed by atoms with E-state index in [0.29, 0.717) is 37.9 Å². The molecule has 4 rings (SSSR count). The number of amides is 1. The van der Waals surface area contributed by atoms with Crippen molar-refractivity contribution in [3.05, 3.63) is 56.8 Å². The average Bonchev–Trinajstić information content (AvgIpc) is 2.77. The number of carbonyl (C=O) groups excluding carboxylic acids is 2. The number of hydrogen-bond acceptors (Lipinski definition) is 7. The Labute approximate surface area is 201 Å². The van der Waals surface area contributed by atoms with Crippen molar-refractivity contribution in [3.8, 4) is 22.8 Å². The number of nitrogens with zero attached hydrogens (tertiary/aromatic N) is 3. The molecular formula is C22H20BrN4O5S+. The van der Waals surface area contributed by atoms with Gasteiger partial charge < -0.3 is 9.47 Å². The molecule has 0 saturated heterocycles. The van der Waals surface area contributed by atoms with E-state index in [1.54, 1.807) is 52.2 Å². The minimum atomic E-state index is -0.810. The standard InChI is InChI=1S/C22H19BrN4O5S/c1-11(28)26-16-8-6-5-7-13(16)19-20(30)24-22(33-4)25-27(19)21(26)14-9-17(31-3)18(10-15(14)23)32-12(2)29/h5-10,21H,1-4H3/p+1/t21-/m0/s1. The summed E-state index contributed by atoms with van der Waals surface area (Å²) in [5.74, 6) is -0.223. The highest BCUT2D eigenvalue weighted by Crippen LogP contribution is 2.42. The summed E-state index contributed by atoms with van der Waals surface area (Å²) in [6.45, 7) is 2.75. The SMILES string of the molecule is COc1cc([C@H]2N(C(C)=O)c3ccccc3-c3c(=O)[nH]c(SC)n[n+]32)c(Br)cc1OC(C)=O. The second-order valence-electron chi connectivity index (χ2n) is 7.15. The minimum absolute atomic E-state index is 0.222. The first kappa shape index (κ1) is 23.0. The number of H-pyrrole nitrogens is 1. The van der Waals surface area contributed by atoms with Crippen LogP contribution in [0.4, 0.5) is 5.69 Å². The number of anilines is 1. The Morgan fingerprint density at radius 2 is 1.94 bits per heavy atom. The third kappa shape index (κ3) is 4.02. The Hall–Kier alpha value is -3.18. The zero-order chi connectivity index (χ0) is 23.9. The molecule has 0 aliphatic carbocycles. The van der Waals surface area contributed by atoms with E-state index in [9.17, 15) is 14.4 Å². The third-order valence-corrected chi connectivity index (χ3v) is 6.36. The summed E-state index contributed by atoms with van der Waals surface area (Å²) in [7, 11) is 1.45. The fourth-order valence-corrected chi connectivity index (χ4v) is 4.72. The number of ether oxygens (including phenoxy) is 2. The molecule has 1 atom stereocenters. The van der Waals surface area contributed by atoms with Gasteiger partial charge in [-0.2, -0.15) is 0 Å². The first-order valence-electron chi connectivity index (χ1n) is 9.82. The molecule has 170 valence electrons. The van der Waals surface area contributed by atoms with Gasteiger partial charge in [0, 0.05) is 23.4 Å². The maximum absolute atomic E-state index is 13.1. The number of benzene rings is 2. The highest BCUT2D eigenvalue weighted by molar-refractivity contribution is 9.10. The van der Waals surface area contributed by atoms with Gasteiger partial charge in [-0.1, -0.05) is 39.8 Å². The lowest BCUT2D eigenvalue weighted by molar-refractivity contribution is -0.763. The summed E-state index contributed by atoms with van der Waals surface area (Å²) in [5.41, 5.74) is 1.75. The van der Waals surface area contributed by atoms with Crippen LogP contribution in [0.15, 0.2) is 50.8 Å². The van der Waals surface area contributed by atoms with Gasteiger partial charge in [0.05, 0.1) is 23.9 Å². The Kier molecular flexibility index (Phi) is 6.26. The van der Waals surface area contributed by atoms with Crippen LogP contribution in [0.1, 0.15) is 25.6 Å². The van der Waals surface area contributed by atoms with Gasteiger partial charge in [-0.3, -0.25) is 19.4 Å². The molecule has 0 saturated carbocycles. The molecule has 0 radical (unpaired) electrons. The molecule has 0 spiro atoms. The molecule has 33 heavy (non-hydrogen) atoms. The van der Waals surface area contributed by atoms with Crippen LogP contribution < -0.4 is 24.6 Å². The molecule has 2 aromatic carbocycles. The number of carbonyl (C=O) groups is 2. The molecule has 1 aliphatic heterocycles. The van der Waals surface area contributed by atoms with Gasteiger partial charge in [-0.25, -0.2) is 4.90 Å². The maximum Gasteiger partial charge on any atom is 0.325 e. The van der Waals surface area contributed by atoms with Crippen LogP contribution >= 0.6 is 27.7 Å². The largest absolute Gasteiger partial charge is 0.493 e. The van der Waals surface area contributed by atoms with Gasteiger partial charge >= 0.3 is 17.2 Å². The van der Waals surface area contributed by atoms with Crippen molar-refractivity contribution in [2.24, 2.45) is 0 Å². The zero-order valence-electron chi connectivity index (χ0n) is 18.2. The summed E-state index contributed by atoms with van der Waals surface area (Å²) in [4.78, 5) is 42.0. The van der Waals surface area contributed by atoms with Crippen molar-refractivity contribution >= 4 is 45.3 Å². The summed E-state index contributed by atoms with van der Waals surface area (Å²) in [5, 5.41) is 5.03. The van der Waals surface area contributed by atoms with Crippen molar-refractivity contribution in [3.63, 3.8) is 0 Å². The Morgan fingerprint density at radius 1 is 1.21 bits per heavy atom. The molecule has 0 fully saturated rings. The second kappa shape index (κ2) is 8.99. The molecule has 3 aromatic rings. The van der Waals surface area contributed by atoms with Crippen LogP contribution in [0.25, 0.3) is 11.3 Å². The van der Waals surface area contributed by atoms with Crippen LogP contribution in [0.5, 0.6) is 11.5 Å². The number of nitrogens with one attached hydrogen (secondary N) is 1. The number of hydrogen-bond donors (Lipinski definition) is 1. The van der Waals surface area contributed by atoms with E-state index in [1.165, 1.54) is 32.7 Å². The fraction of sp³-hybridized carbons (Fsp3) is 0.227. The van der Waals surface area contributed by atoms with E-state index in [2.05, 4.69) is 26.0 Å². The summed E-state index contributed by atoms with van der Waals surface area (Å²) in [6, 6.07) is 10.4. The molecular weight excluding hydrogens is 512 g/mol. The molecule has 1 aromatic heterocycles. The maximum atomic E-state index is 13.1. The number of methoxy groups -OCH3 is 1. The van der Waals surface area contributed by atoms with Gasteiger partial charge in [0.15, 0.2) is 11.5 Å². The Balaban J connectivity index is 2.06. The van der Waals surface area contributed by atoms with E-state index in [1.807, 2.05) is 0 Å². The highest BCUT2D eigenvalue weighted by Gasteiger charge is 2.46. The van der Waals surface area contributed by atoms with Crippen LogP contribution in [0.2, 0.25) is 0 Å². The van der Waals surface area contributed by atoms with E-state index in [-0.39, 0.29) is 17.2 Å². The number of esters is 1. The van der Waals surface area contributed by atoms with Crippen molar-refractivity contribution < 1.29 is 23.7 Å². The number of thioether (sulfide) groups is 1. The predicted molar refractivity (Wildman–Crippen MR) is 126 cm³/mol. The lowest BCUT2D eigenvalue weighted by Crippen LogP contribution is -2.60. The third-order valence-electron chi connectivity index (χ3n) is 5.11. The van der Waals surface area contributed by atoms with Crippen molar-refractivity contribution in [2.45, 2.75) is 25.2 Å². The van der Waals surface area contributed by atoms with Gasteiger partial charge in [0.1, 0.15) is 0 Å². The Morgan fingerprint density at radius 3 is 2.58 bits per heavy atom. The second-order valence-corrected chi connectivity index (χ2v) is 8.80. The molecule has 11 heteroatoms. The van der Waals surface area contributed by atoms with Crippen molar-refractivity contribution in [1.29, 1.82) is 0 Å². The lowest BCUT2D eigenvalue weighted by Gasteiger charge is -2.32. The van der Waals surface area contributed by atoms with E-state index in [4.69, 9.17) is 9.47 Å². The number of para-hydroxylation sites is 1. The smallest absolute Gasteiger partial charge is 0.325 e. The first-order valence-corrected chi connectivity index (χ1v) is 11.8. The molecule has 2 heterocycles. The number of aromatic amines is 1. The van der Waals surface area contributed by atoms with Gasteiger partial charge in [-0.05, 0) is 35.2 Å². The lowest BCUT2D eigenvalue weighted by atomic mass is 10.0. The fourth-order valence-electron chi connectivity index (χ4n) is 3.83. The van der Waals surface area contributed by atoms with Crippen LogP contribution in [-0.2, 0) is 9.59 Å². The van der Waals surface area contributed by atoms with Crippen LogP contribution in [-0.4, -0.2) is 35.3 Å². The first-order chi connectivity index (χ1) is 15.8. The highest BCUT2D eigenvalue weighted by atomic mass is 79.9. The number of rotatable bonds is 4. The van der Waals surface area contributed by atoms with Gasteiger partial charge in [-0.15, -0.1) is 0 Å². The minimum Gasteiger partial charge on any atom is -0.493 e. The van der Waals surface area contributed by atoms with Crippen molar-refractivity contribution in [1.82, 2.24) is 10.1 Å². The number of halogens is 1. The number of fused-ring (bicyclic) bond motifs is 3. The van der Waals surface area contributed by atoms with E-state index >= 15 is 0 Å². The van der Waals surface area contributed by atoms with Gasteiger partial charge in [0.25, 0.3) is 6.17 Å². The normalized spacial score (nSPS) is 14.3. The molecule has 0 bridgehead atoms. The summed E-state index contributed by atoms with van der Waals surface area (Å²) < 4.78 is 12.8. The molecule has 1 aliphatic rings. The number of aromatic nitrogens is 3. The quantitative estimate of drug-likeness (QED) is 0.238. The summed E-state index contributed by atoms with van der Waals surface area (Å²) >= 11 is 4.82. The zero-order valence-corrected chi connectivity index (χ0v) is 20.6. The molecule has 0 unspecified atom stereocenters. The predicted octanol–water partition coefficient (Wildman–Crippen LogP) is 3.06. The van der Waals surface area contributed by atoms with Crippen LogP contribution in [0.3, 0.4) is 0 Å². The topological polar surface area (TPSA) is 105 Å². The van der Waals surface area contributed by atoms with E-state index in [0.717, 1.165) is 0 Å². The molecule has 1 amide bonds. The Bertz CT molecular complexity index is 1340. The van der Waals surface area contributed by atoms with E-state index < -0.39 is 12.1 Å². The average molecular weight is 532 g/mol. The van der Waals surface area contributed by atoms with Gasteiger partial charge in [0.2, 0.25) is 11.1 Å². The molecule has 1 N–H and O–H groups in total. The monoisotopic (exact) mass is 531 g/mol. The molecule has 9 nitrogen and oxygen atoms in total. The van der Waals surface area contributed by atoms with Crippen LogP contribution in [0, 0.1) is 0 Å². The van der Waals surface area contributed by atoms with Crippen molar-refractivity contribution in [2.75, 3.05) is 18.3 Å². The summed E-state index contributed by atoms with van der Waals surface area (Å²) in [6.07, 6.45) is 0.988.